The van der Waals surface area contributed by atoms with Crippen LogP contribution in [0.15, 0.2) is 71.9 Å². The van der Waals surface area contributed by atoms with Gasteiger partial charge in [-0.15, -0.1) is 0 Å². The fourth-order valence-corrected chi connectivity index (χ4v) is 8.55. The molecule has 2 aliphatic heterocycles. The number of allylic oxidation sites excluding steroid dienone is 2. The number of nitrogens with one attached hydrogen (secondary N) is 1. The number of aliphatic hydroxyl groups is 1. The number of amides is 1. The number of carbonyl (C=O) groups excluding carboxylic acids is 1. The summed E-state index contributed by atoms with van der Waals surface area (Å²) in [5.74, 6) is -1.00. The summed E-state index contributed by atoms with van der Waals surface area (Å²) in [5, 5.41) is 14.2. The second kappa shape index (κ2) is 8.91. The molecule has 39 heavy (non-hydrogen) atoms. The van der Waals surface area contributed by atoms with Crippen molar-refractivity contribution >= 4 is 11.5 Å². The first-order valence-electron chi connectivity index (χ1n) is 13.9. The normalized spacial score (nSPS) is 39.1. The van der Waals surface area contributed by atoms with Gasteiger partial charge < -0.3 is 19.6 Å². The van der Waals surface area contributed by atoms with Crippen LogP contribution in [0.1, 0.15) is 44.6 Å². The Morgan fingerprint density at radius 1 is 1.28 bits per heavy atom. The van der Waals surface area contributed by atoms with E-state index in [4.69, 9.17) is 4.74 Å². The van der Waals surface area contributed by atoms with Crippen molar-refractivity contribution in [3.05, 3.63) is 77.4 Å². The lowest BCUT2D eigenvalue weighted by Crippen LogP contribution is -2.69. The SMILES string of the molecule is C=CC[N+]1(C)CC[C@]23C4=C5C=CC(O)(NC(=O)C(=C(C)c6ccccc6)C(F)(F)F)C4O[C@H]2CCC[C@H]3[C@H]1C5. The summed E-state index contributed by atoms with van der Waals surface area (Å²) in [6.07, 6.45) is 3.91. The van der Waals surface area contributed by atoms with Gasteiger partial charge in [0.15, 0.2) is 5.72 Å². The van der Waals surface area contributed by atoms with Crippen molar-refractivity contribution in [2.75, 3.05) is 20.1 Å². The molecule has 6 rings (SSSR count). The number of carbonyl (C=O) groups is 1. The molecular weight excluding hydrogens is 505 g/mol. The van der Waals surface area contributed by atoms with Crippen LogP contribution in [0.25, 0.3) is 5.57 Å². The number of alkyl halides is 3. The summed E-state index contributed by atoms with van der Waals surface area (Å²) in [7, 11) is 2.30. The van der Waals surface area contributed by atoms with Gasteiger partial charge in [-0.05, 0) is 54.2 Å². The van der Waals surface area contributed by atoms with Gasteiger partial charge in [-0.3, -0.25) is 4.79 Å². The first-order chi connectivity index (χ1) is 18.4. The molecule has 8 heteroatoms. The zero-order valence-electron chi connectivity index (χ0n) is 22.4. The number of halogens is 3. The smallest absolute Gasteiger partial charge is 0.365 e. The van der Waals surface area contributed by atoms with Gasteiger partial charge >= 0.3 is 6.18 Å². The molecule has 3 unspecified atom stereocenters. The van der Waals surface area contributed by atoms with E-state index in [0.717, 1.165) is 60.8 Å². The van der Waals surface area contributed by atoms with Gasteiger partial charge in [0.2, 0.25) is 0 Å². The lowest BCUT2D eigenvalue weighted by Gasteiger charge is -2.61. The van der Waals surface area contributed by atoms with Crippen molar-refractivity contribution in [1.29, 1.82) is 0 Å². The van der Waals surface area contributed by atoms with E-state index in [1.807, 2.05) is 12.2 Å². The van der Waals surface area contributed by atoms with Gasteiger partial charge in [0.25, 0.3) is 5.91 Å². The molecule has 5 nitrogen and oxygen atoms in total. The minimum atomic E-state index is -4.91. The maximum absolute atomic E-state index is 14.3. The van der Waals surface area contributed by atoms with Gasteiger partial charge in [-0.25, -0.2) is 0 Å². The topological polar surface area (TPSA) is 58.6 Å². The number of quaternary nitrogens is 1. The molecule has 3 aliphatic carbocycles. The molecule has 1 amide bonds. The van der Waals surface area contributed by atoms with Crippen molar-refractivity contribution < 1.29 is 32.3 Å². The van der Waals surface area contributed by atoms with Crippen LogP contribution in [0.5, 0.6) is 0 Å². The Labute approximate surface area is 227 Å². The number of hydrogen-bond donors (Lipinski definition) is 2. The molecule has 1 saturated carbocycles. The number of nitrogens with zero attached hydrogens (tertiary/aromatic N) is 1. The summed E-state index contributed by atoms with van der Waals surface area (Å²) in [6.45, 7) is 7.11. The second-order valence-corrected chi connectivity index (χ2v) is 12.2. The van der Waals surface area contributed by atoms with Crippen molar-refractivity contribution in [2.24, 2.45) is 11.3 Å². The molecule has 0 radical (unpaired) electrons. The van der Waals surface area contributed by atoms with Crippen molar-refractivity contribution in [3.63, 3.8) is 0 Å². The Hall–Kier alpha value is -2.68. The highest BCUT2D eigenvalue weighted by molar-refractivity contribution is 6.02. The third kappa shape index (κ3) is 3.82. The van der Waals surface area contributed by atoms with E-state index >= 15 is 0 Å². The highest BCUT2D eigenvalue weighted by atomic mass is 19.4. The van der Waals surface area contributed by atoms with E-state index in [-0.39, 0.29) is 17.1 Å². The summed E-state index contributed by atoms with van der Waals surface area (Å²) < 4.78 is 50.3. The predicted molar refractivity (Wildman–Crippen MR) is 142 cm³/mol. The average Bonchev–Trinajstić information content (AvgIpc) is 3.23. The lowest BCUT2D eigenvalue weighted by molar-refractivity contribution is -0.940. The Bertz CT molecular complexity index is 1300. The van der Waals surface area contributed by atoms with Crippen LogP contribution in [0.3, 0.4) is 0 Å². The van der Waals surface area contributed by atoms with Gasteiger partial charge in [0.1, 0.15) is 11.7 Å². The fourth-order valence-electron chi connectivity index (χ4n) is 8.55. The van der Waals surface area contributed by atoms with Crippen LogP contribution < -0.4 is 5.32 Å². The molecule has 5 aliphatic rings. The Balaban J connectivity index is 1.38. The molecule has 2 N–H and O–H groups in total. The van der Waals surface area contributed by atoms with Gasteiger partial charge in [0, 0.05) is 24.2 Å². The van der Waals surface area contributed by atoms with Crippen molar-refractivity contribution in [3.8, 4) is 0 Å². The Morgan fingerprint density at radius 3 is 2.72 bits per heavy atom. The molecule has 1 spiro atoms. The largest absolute Gasteiger partial charge is 0.421 e. The molecule has 2 bridgehead atoms. The molecule has 7 atom stereocenters. The van der Waals surface area contributed by atoms with Gasteiger partial charge in [-0.1, -0.05) is 49.4 Å². The third-order valence-corrected chi connectivity index (χ3v) is 10.2. The van der Waals surface area contributed by atoms with E-state index in [2.05, 4.69) is 18.9 Å². The summed E-state index contributed by atoms with van der Waals surface area (Å²) in [4.78, 5) is 13.3. The van der Waals surface area contributed by atoms with E-state index in [0.29, 0.717) is 17.5 Å². The van der Waals surface area contributed by atoms with Gasteiger partial charge in [-0.2, -0.15) is 13.2 Å². The van der Waals surface area contributed by atoms with Gasteiger partial charge in [0.05, 0.1) is 32.3 Å². The van der Waals surface area contributed by atoms with Crippen LogP contribution in [0.2, 0.25) is 0 Å². The van der Waals surface area contributed by atoms with E-state index in [9.17, 15) is 23.1 Å². The maximum Gasteiger partial charge on any atom is 0.421 e. The number of hydrogen-bond acceptors (Lipinski definition) is 3. The summed E-state index contributed by atoms with van der Waals surface area (Å²) >= 11 is 0. The van der Waals surface area contributed by atoms with E-state index in [1.165, 1.54) is 25.1 Å². The molecule has 2 heterocycles. The first-order valence-corrected chi connectivity index (χ1v) is 13.9. The molecule has 3 fully saturated rings. The molecule has 2 saturated heterocycles. The number of rotatable bonds is 5. The fraction of sp³-hybridized carbons (Fsp3) is 0.516. The van der Waals surface area contributed by atoms with E-state index < -0.39 is 29.5 Å². The molecule has 208 valence electrons. The van der Waals surface area contributed by atoms with Crippen LogP contribution in [-0.4, -0.2) is 65.8 Å². The van der Waals surface area contributed by atoms with Crippen LogP contribution in [0, 0.1) is 11.3 Å². The first kappa shape index (κ1) is 26.5. The Morgan fingerprint density at radius 2 is 2.03 bits per heavy atom. The highest BCUT2D eigenvalue weighted by Gasteiger charge is 2.70. The maximum atomic E-state index is 14.3. The highest BCUT2D eigenvalue weighted by Crippen LogP contribution is 2.66. The molecule has 1 aromatic rings. The van der Waals surface area contributed by atoms with Crippen LogP contribution in [0.4, 0.5) is 13.2 Å². The average molecular weight is 542 g/mol. The predicted octanol–water partition coefficient (Wildman–Crippen LogP) is 5.06. The quantitative estimate of drug-likeness (QED) is 0.237. The minimum absolute atomic E-state index is 0.126. The third-order valence-electron chi connectivity index (χ3n) is 10.2. The minimum Gasteiger partial charge on any atom is -0.365 e. The number of benzene rings is 1. The van der Waals surface area contributed by atoms with Crippen molar-refractivity contribution in [1.82, 2.24) is 5.32 Å². The molecule has 0 aromatic heterocycles. The number of piperidine rings is 1. The van der Waals surface area contributed by atoms with Crippen molar-refractivity contribution in [2.45, 2.75) is 69.2 Å². The zero-order valence-corrected chi connectivity index (χ0v) is 22.4. The van der Waals surface area contributed by atoms with E-state index in [1.54, 1.807) is 18.2 Å². The number of likely N-dealkylation sites (N-methyl/N-ethyl adjacent to an activating group) is 1. The number of ether oxygens (including phenoxy) is 1. The zero-order chi connectivity index (χ0) is 27.8. The number of likely N-dealkylation sites (tertiary alicyclic amines) is 1. The van der Waals surface area contributed by atoms with Crippen LogP contribution in [-0.2, 0) is 9.53 Å². The second-order valence-electron chi connectivity index (χ2n) is 12.2. The Kier molecular flexibility index (Phi) is 6.06. The monoisotopic (exact) mass is 541 g/mol. The molecular formula is C31H36F3N2O3+. The summed E-state index contributed by atoms with van der Waals surface area (Å²) in [6, 6.07) is 8.40. The lowest BCUT2D eigenvalue weighted by atomic mass is 9.50. The van der Waals surface area contributed by atoms with Crippen LogP contribution >= 0.6 is 0 Å². The standard InChI is InChI=1S/C31H35F3N2O3/c1-4-16-36(3)17-15-29-22-11-8-12-24(29)39-27-26(29)21(18-23(22)36)13-14-30(27,38)35-28(37)25(31(32,33)34)19(2)20-9-6-5-7-10-20/h4-7,9-10,13-14,22-24,27,38H,1,8,11-12,15-18H2,2-3H3/p+1/t22-,23+,24-,27?,29+,30?,36?/m0/s1. The molecule has 1 aromatic carbocycles. The summed E-state index contributed by atoms with van der Waals surface area (Å²) in [5.41, 5.74) is -1.46.